The van der Waals surface area contributed by atoms with E-state index in [1.54, 1.807) is 18.2 Å². The fourth-order valence-electron chi connectivity index (χ4n) is 1.49. The van der Waals surface area contributed by atoms with E-state index in [-0.39, 0.29) is 5.75 Å². The molecule has 2 aromatic rings. The van der Waals surface area contributed by atoms with Gasteiger partial charge < -0.3 is 14.6 Å². The van der Waals surface area contributed by atoms with Gasteiger partial charge in [-0.1, -0.05) is 23.8 Å². The summed E-state index contributed by atoms with van der Waals surface area (Å²) in [6.45, 7) is 2.00. The van der Waals surface area contributed by atoms with Crippen molar-refractivity contribution in [1.82, 2.24) is 0 Å². The second-order valence-electron chi connectivity index (χ2n) is 3.72. The minimum Gasteiger partial charge on any atom is -0.504 e. The predicted molar refractivity (Wildman–Crippen MR) is 65.9 cm³/mol. The van der Waals surface area contributed by atoms with Crippen LogP contribution in [0.2, 0.25) is 0 Å². The number of aromatic hydroxyl groups is 1. The van der Waals surface area contributed by atoms with E-state index in [0.29, 0.717) is 17.2 Å². The van der Waals surface area contributed by atoms with Crippen LogP contribution < -0.4 is 9.47 Å². The number of phenolic OH excluding ortho intramolecular Hbond substituents is 1. The van der Waals surface area contributed by atoms with Crippen LogP contribution in [0.4, 0.5) is 0 Å². The Morgan fingerprint density at radius 1 is 1.00 bits per heavy atom. The molecule has 88 valence electrons. The van der Waals surface area contributed by atoms with E-state index in [1.807, 2.05) is 31.2 Å². The Balaban J connectivity index is 2.32. The van der Waals surface area contributed by atoms with Gasteiger partial charge in [-0.3, -0.25) is 0 Å². The molecule has 0 unspecified atom stereocenters. The van der Waals surface area contributed by atoms with Gasteiger partial charge in [0, 0.05) is 0 Å². The molecule has 2 aromatic carbocycles. The molecule has 3 heteroatoms. The molecule has 17 heavy (non-hydrogen) atoms. The van der Waals surface area contributed by atoms with E-state index in [0.717, 1.165) is 5.56 Å². The Bertz CT molecular complexity index is 503. The van der Waals surface area contributed by atoms with Gasteiger partial charge in [0.1, 0.15) is 5.75 Å². The summed E-state index contributed by atoms with van der Waals surface area (Å²) in [5, 5.41) is 9.73. The molecule has 0 aliphatic carbocycles. The molecule has 0 radical (unpaired) electrons. The van der Waals surface area contributed by atoms with Crippen molar-refractivity contribution in [3.05, 3.63) is 48.0 Å². The van der Waals surface area contributed by atoms with E-state index in [4.69, 9.17) is 9.47 Å². The number of hydrogen-bond donors (Lipinski definition) is 1. The van der Waals surface area contributed by atoms with Crippen molar-refractivity contribution in [1.29, 1.82) is 0 Å². The zero-order valence-corrected chi connectivity index (χ0v) is 9.81. The lowest BCUT2D eigenvalue weighted by Gasteiger charge is -2.11. The molecule has 0 fully saturated rings. The molecular formula is C14H14O3. The highest BCUT2D eigenvalue weighted by Gasteiger charge is 2.10. The van der Waals surface area contributed by atoms with Crippen molar-refractivity contribution in [2.75, 3.05) is 7.11 Å². The quantitative estimate of drug-likeness (QED) is 0.877. The molecule has 1 N–H and O–H groups in total. The van der Waals surface area contributed by atoms with Gasteiger partial charge in [-0.15, -0.1) is 0 Å². The predicted octanol–water partition coefficient (Wildman–Crippen LogP) is 3.50. The Hall–Kier alpha value is -2.16. The lowest BCUT2D eigenvalue weighted by Crippen LogP contribution is -1.90. The van der Waals surface area contributed by atoms with Gasteiger partial charge in [-0.2, -0.15) is 0 Å². The Labute approximate surface area is 100 Å². The third kappa shape index (κ3) is 2.50. The van der Waals surface area contributed by atoms with Crippen molar-refractivity contribution >= 4 is 0 Å². The Morgan fingerprint density at radius 2 is 1.71 bits per heavy atom. The summed E-state index contributed by atoms with van der Waals surface area (Å²) >= 11 is 0. The van der Waals surface area contributed by atoms with Crippen molar-refractivity contribution in [2.45, 2.75) is 6.92 Å². The molecular weight excluding hydrogens is 216 g/mol. The standard InChI is InChI=1S/C14H14O3/c1-10-6-8-11(9-7-10)17-14-12(15)4-3-5-13(14)16-2/h3-9,15H,1-2H3. The summed E-state index contributed by atoms with van der Waals surface area (Å²) in [7, 11) is 1.54. The van der Waals surface area contributed by atoms with E-state index < -0.39 is 0 Å². The first-order valence-electron chi connectivity index (χ1n) is 5.31. The van der Waals surface area contributed by atoms with E-state index in [9.17, 15) is 5.11 Å². The molecule has 0 aliphatic rings. The van der Waals surface area contributed by atoms with Crippen molar-refractivity contribution in [2.24, 2.45) is 0 Å². The van der Waals surface area contributed by atoms with E-state index in [1.165, 1.54) is 7.11 Å². The molecule has 2 rings (SSSR count). The fourth-order valence-corrected chi connectivity index (χ4v) is 1.49. The first kappa shape index (κ1) is 11.3. The highest BCUT2D eigenvalue weighted by molar-refractivity contribution is 5.52. The van der Waals surface area contributed by atoms with Gasteiger partial charge in [-0.25, -0.2) is 0 Å². The monoisotopic (exact) mass is 230 g/mol. The summed E-state index contributed by atoms with van der Waals surface area (Å²) in [6.07, 6.45) is 0. The summed E-state index contributed by atoms with van der Waals surface area (Å²) < 4.78 is 10.7. The number of methoxy groups -OCH3 is 1. The highest BCUT2D eigenvalue weighted by Crippen LogP contribution is 2.39. The lowest BCUT2D eigenvalue weighted by atomic mass is 10.2. The number of benzene rings is 2. The summed E-state index contributed by atoms with van der Waals surface area (Å²) in [5.41, 5.74) is 1.15. The summed E-state index contributed by atoms with van der Waals surface area (Å²) in [5.74, 6) is 1.56. The first-order chi connectivity index (χ1) is 8.20. The second-order valence-corrected chi connectivity index (χ2v) is 3.72. The average Bonchev–Trinajstić information content (AvgIpc) is 2.34. The minimum atomic E-state index is 0.0601. The van der Waals surface area contributed by atoms with Crippen LogP contribution in [-0.2, 0) is 0 Å². The largest absolute Gasteiger partial charge is 0.504 e. The normalized spacial score (nSPS) is 10.0. The van der Waals surface area contributed by atoms with Crippen LogP contribution in [0.3, 0.4) is 0 Å². The van der Waals surface area contributed by atoms with Crippen molar-refractivity contribution in [3.63, 3.8) is 0 Å². The number of rotatable bonds is 3. The van der Waals surface area contributed by atoms with Crippen LogP contribution in [0.5, 0.6) is 23.0 Å². The SMILES string of the molecule is COc1cccc(O)c1Oc1ccc(C)cc1. The Kier molecular flexibility index (Phi) is 3.19. The maximum Gasteiger partial charge on any atom is 0.210 e. The topological polar surface area (TPSA) is 38.7 Å². The van der Waals surface area contributed by atoms with Crippen LogP contribution in [-0.4, -0.2) is 12.2 Å². The van der Waals surface area contributed by atoms with Gasteiger partial charge in [0.2, 0.25) is 5.75 Å². The fraction of sp³-hybridized carbons (Fsp3) is 0.143. The van der Waals surface area contributed by atoms with Crippen LogP contribution in [0.1, 0.15) is 5.56 Å². The maximum absolute atomic E-state index is 9.73. The maximum atomic E-state index is 9.73. The average molecular weight is 230 g/mol. The minimum absolute atomic E-state index is 0.0601. The second kappa shape index (κ2) is 4.78. The molecule has 0 bridgehead atoms. The third-order valence-corrected chi connectivity index (χ3v) is 2.42. The number of hydrogen-bond acceptors (Lipinski definition) is 3. The summed E-state index contributed by atoms with van der Waals surface area (Å²) in [6, 6.07) is 12.6. The smallest absolute Gasteiger partial charge is 0.210 e. The third-order valence-electron chi connectivity index (χ3n) is 2.42. The molecule has 0 saturated heterocycles. The number of para-hydroxylation sites is 1. The molecule has 0 aliphatic heterocycles. The molecule has 0 spiro atoms. The van der Waals surface area contributed by atoms with E-state index >= 15 is 0 Å². The van der Waals surface area contributed by atoms with Gasteiger partial charge in [0.05, 0.1) is 7.11 Å². The Morgan fingerprint density at radius 3 is 2.35 bits per heavy atom. The number of aryl methyl sites for hydroxylation is 1. The summed E-state index contributed by atoms with van der Waals surface area (Å²) in [4.78, 5) is 0. The van der Waals surface area contributed by atoms with Gasteiger partial charge >= 0.3 is 0 Å². The lowest BCUT2D eigenvalue weighted by molar-refractivity contribution is 0.358. The zero-order valence-electron chi connectivity index (χ0n) is 9.81. The van der Waals surface area contributed by atoms with Gasteiger partial charge in [0.15, 0.2) is 11.5 Å². The number of ether oxygens (including phenoxy) is 2. The molecule has 3 nitrogen and oxygen atoms in total. The molecule has 0 aromatic heterocycles. The van der Waals surface area contributed by atoms with Crippen molar-refractivity contribution < 1.29 is 14.6 Å². The highest BCUT2D eigenvalue weighted by atomic mass is 16.5. The van der Waals surface area contributed by atoms with Crippen molar-refractivity contribution in [3.8, 4) is 23.0 Å². The van der Waals surface area contributed by atoms with E-state index in [2.05, 4.69) is 0 Å². The molecule has 0 saturated carbocycles. The zero-order chi connectivity index (χ0) is 12.3. The first-order valence-corrected chi connectivity index (χ1v) is 5.31. The van der Waals surface area contributed by atoms with Gasteiger partial charge in [0.25, 0.3) is 0 Å². The van der Waals surface area contributed by atoms with Gasteiger partial charge in [-0.05, 0) is 31.2 Å². The van der Waals surface area contributed by atoms with Crippen LogP contribution in [0, 0.1) is 6.92 Å². The van der Waals surface area contributed by atoms with Crippen LogP contribution >= 0.6 is 0 Å². The molecule has 0 heterocycles. The number of phenols is 1. The van der Waals surface area contributed by atoms with Crippen LogP contribution in [0.15, 0.2) is 42.5 Å². The molecule has 0 atom stereocenters. The van der Waals surface area contributed by atoms with Crippen LogP contribution in [0.25, 0.3) is 0 Å². The molecule has 0 amide bonds.